The third-order valence-corrected chi connectivity index (χ3v) is 5.49. The van der Waals surface area contributed by atoms with Crippen molar-refractivity contribution in [1.29, 1.82) is 0 Å². The first-order valence-corrected chi connectivity index (χ1v) is 10.6. The minimum Gasteiger partial charge on any atom is -0.349 e. The van der Waals surface area contributed by atoms with Gasteiger partial charge in [0.15, 0.2) is 11.0 Å². The van der Waals surface area contributed by atoms with E-state index < -0.39 is 0 Å². The van der Waals surface area contributed by atoms with Crippen molar-refractivity contribution in [3.63, 3.8) is 0 Å². The van der Waals surface area contributed by atoms with Crippen LogP contribution >= 0.6 is 23.4 Å². The average Bonchev–Trinajstić information content (AvgIpc) is 3.10. The number of rotatable bonds is 8. The standard InChI is InChI=1S/C21H23ClN4OS/c1-3-13-26-20(17-9-11-18(22)12-10-17)24-25-21(26)28-14-19(27)23-15(2)16-7-5-4-6-8-16/h4-12,15H,3,13-14H2,1-2H3,(H,23,27)/t15-/m0/s1. The maximum Gasteiger partial charge on any atom is 0.230 e. The fraction of sp³-hybridized carbons (Fsp3) is 0.286. The zero-order chi connectivity index (χ0) is 19.9. The molecule has 1 N–H and O–H groups in total. The summed E-state index contributed by atoms with van der Waals surface area (Å²) in [5.74, 6) is 1.05. The van der Waals surface area contributed by atoms with E-state index in [1.165, 1.54) is 11.8 Å². The molecule has 146 valence electrons. The quantitative estimate of drug-likeness (QED) is 0.528. The molecule has 3 aromatic rings. The Hall–Kier alpha value is -2.31. The topological polar surface area (TPSA) is 59.8 Å². The lowest BCUT2D eigenvalue weighted by Gasteiger charge is -2.14. The molecule has 0 radical (unpaired) electrons. The molecule has 1 heterocycles. The van der Waals surface area contributed by atoms with E-state index in [4.69, 9.17) is 11.6 Å². The number of benzene rings is 2. The third kappa shape index (κ3) is 5.14. The number of amides is 1. The fourth-order valence-corrected chi connectivity index (χ4v) is 3.77. The fourth-order valence-electron chi connectivity index (χ4n) is 2.87. The van der Waals surface area contributed by atoms with Crippen molar-refractivity contribution >= 4 is 29.3 Å². The minimum absolute atomic E-state index is 0.0274. The molecule has 0 aliphatic heterocycles. The summed E-state index contributed by atoms with van der Waals surface area (Å²) in [6.45, 7) is 4.87. The van der Waals surface area contributed by atoms with Crippen molar-refractivity contribution in [2.75, 3.05) is 5.75 Å². The van der Waals surface area contributed by atoms with Crippen LogP contribution < -0.4 is 5.32 Å². The highest BCUT2D eigenvalue weighted by Gasteiger charge is 2.16. The molecule has 0 fully saturated rings. The lowest BCUT2D eigenvalue weighted by Crippen LogP contribution is -2.28. The monoisotopic (exact) mass is 414 g/mol. The Morgan fingerprint density at radius 1 is 1.14 bits per heavy atom. The number of hydrogen-bond donors (Lipinski definition) is 1. The van der Waals surface area contributed by atoms with Gasteiger partial charge in [0.2, 0.25) is 5.91 Å². The molecule has 3 rings (SSSR count). The molecule has 0 unspecified atom stereocenters. The van der Waals surface area contributed by atoms with Crippen LogP contribution in [0.5, 0.6) is 0 Å². The molecule has 0 bridgehead atoms. The van der Waals surface area contributed by atoms with Crippen LogP contribution in [-0.2, 0) is 11.3 Å². The lowest BCUT2D eigenvalue weighted by molar-refractivity contribution is -0.119. The summed E-state index contributed by atoms with van der Waals surface area (Å²) >= 11 is 7.39. The van der Waals surface area contributed by atoms with Gasteiger partial charge in [-0.2, -0.15) is 0 Å². The summed E-state index contributed by atoms with van der Waals surface area (Å²) in [7, 11) is 0. The Morgan fingerprint density at radius 3 is 2.54 bits per heavy atom. The Bertz CT molecular complexity index is 912. The van der Waals surface area contributed by atoms with Crippen molar-refractivity contribution in [3.8, 4) is 11.4 Å². The predicted molar refractivity (Wildman–Crippen MR) is 114 cm³/mol. The van der Waals surface area contributed by atoms with Crippen molar-refractivity contribution in [2.24, 2.45) is 0 Å². The van der Waals surface area contributed by atoms with E-state index in [2.05, 4.69) is 27.0 Å². The van der Waals surface area contributed by atoms with Crippen LogP contribution in [0.3, 0.4) is 0 Å². The number of nitrogens with zero attached hydrogens (tertiary/aromatic N) is 3. The molecule has 0 aliphatic carbocycles. The first-order chi connectivity index (χ1) is 13.6. The van der Waals surface area contributed by atoms with E-state index in [0.29, 0.717) is 10.8 Å². The van der Waals surface area contributed by atoms with Gasteiger partial charge in [0, 0.05) is 17.1 Å². The van der Waals surface area contributed by atoms with E-state index in [9.17, 15) is 4.79 Å². The lowest BCUT2D eigenvalue weighted by atomic mass is 10.1. The normalized spacial score (nSPS) is 12.0. The Labute approximate surface area is 174 Å². The number of aromatic nitrogens is 3. The van der Waals surface area contributed by atoms with Crippen LogP contribution in [-0.4, -0.2) is 26.4 Å². The second-order valence-electron chi connectivity index (χ2n) is 6.45. The summed E-state index contributed by atoms with van der Waals surface area (Å²) in [4.78, 5) is 12.4. The number of halogens is 1. The van der Waals surface area contributed by atoms with Crippen LogP contribution in [0.4, 0.5) is 0 Å². The van der Waals surface area contributed by atoms with E-state index in [-0.39, 0.29) is 11.9 Å². The molecule has 0 aliphatic rings. The number of nitrogens with one attached hydrogen (secondary N) is 1. The van der Waals surface area contributed by atoms with Gasteiger partial charge in [-0.25, -0.2) is 0 Å². The van der Waals surface area contributed by atoms with Crippen molar-refractivity contribution in [1.82, 2.24) is 20.1 Å². The van der Waals surface area contributed by atoms with Gasteiger partial charge in [-0.05, 0) is 43.2 Å². The highest BCUT2D eigenvalue weighted by atomic mass is 35.5. The molecule has 0 spiro atoms. The average molecular weight is 415 g/mol. The zero-order valence-electron chi connectivity index (χ0n) is 15.9. The SMILES string of the molecule is CCCn1c(SCC(=O)N[C@@H](C)c2ccccc2)nnc1-c1ccc(Cl)cc1. The van der Waals surface area contributed by atoms with Crippen molar-refractivity contribution in [2.45, 2.75) is 38.0 Å². The second-order valence-corrected chi connectivity index (χ2v) is 7.83. The van der Waals surface area contributed by atoms with Crippen LogP contribution in [0.2, 0.25) is 5.02 Å². The van der Waals surface area contributed by atoms with Gasteiger partial charge in [0.25, 0.3) is 0 Å². The van der Waals surface area contributed by atoms with Crippen LogP contribution in [0.1, 0.15) is 31.9 Å². The highest BCUT2D eigenvalue weighted by molar-refractivity contribution is 7.99. The molecule has 1 atom stereocenters. The number of carbonyl (C=O) groups excluding carboxylic acids is 1. The molecule has 2 aromatic carbocycles. The zero-order valence-corrected chi connectivity index (χ0v) is 17.5. The highest BCUT2D eigenvalue weighted by Crippen LogP contribution is 2.25. The number of hydrogen-bond acceptors (Lipinski definition) is 4. The van der Waals surface area contributed by atoms with Crippen molar-refractivity contribution < 1.29 is 4.79 Å². The Morgan fingerprint density at radius 2 is 1.86 bits per heavy atom. The van der Waals surface area contributed by atoms with E-state index in [1.54, 1.807) is 0 Å². The maximum absolute atomic E-state index is 12.4. The summed E-state index contributed by atoms with van der Waals surface area (Å²) in [6, 6.07) is 17.4. The summed E-state index contributed by atoms with van der Waals surface area (Å²) < 4.78 is 2.06. The molecule has 1 aromatic heterocycles. The van der Waals surface area contributed by atoms with Gasteiger partial charge in [0.05, 0.1) is 11.8 Å². The third-order valence-electron chi connectivity index (χ3n) is 4.28. The maximum atomic E-state index is 12.4. The summed E-state index contributed by atoms with van der Waals surface area (Å²) in [6.07, 6.45) is 0.948. The largest absolute Gasteiger partial charge is 0.349 e. The van der Waals surface area contributed by atoms with Gasteiger partial charge in [-0.15, -0.1) is 10.2 Å². The number of thioether (sulfide) groups is 1. The molecule has 1 amide bonds. The second kappa shape index (κ2) is 9.75. The van der Waals surface area contributed by atoms with Gasteiger partial charge in [-0.3, -0.25) is 4.79 Å². The van der Waals surface area contributed by atoms with Gasteiger partial charge in [0.1, 0.15) is 0 Å². The molecular weight excluding hydrogens is 392 g/mol. The number of carbonyl (C=O) groups is 1. The van der Waals surface area contributed by atoms with Gasteiger partial charge in [-0.1, -0.05) is 60.6 Å². The molecule has 0 saturated heterocycles. The van der Waals surface area contributed by atoms with E-state index >= 15 is 0 Å². The summed E-state index contributed by atoms with van der Waals surface area (Å²) in [5.41, 5.74) is 2.04. The molecule has 28 heavy (non-hydrogen) atoms. The molecular formula is C21H23ClN4OS. The first kappa shape index (κ1) is 20.4. The van der Waals surface area contributed by atoms with Crippen LogP contribution in [0, 0.1) is 0 Å². The first-order valence-electron chi connectivity index (χ1n) is 9.24. The summed E-state index contributed by atoms with van der Waals surface area (Å²) in [5, 5.41) is 13.1. The molecule has 5 nitrogen and oxygen atoms in total. The van der Waals surface area contributed by atoms with E-state index in [0.717, 1.165) is 35.1 Å². The van der Waals surface area contributed by atoms with Gasteiger partial charge >= 0.3 is 0 Å². The molecule has 7 heteroatoms. The van der Waals surface area contributed by atoms with Crippen molar-refractivity contribution in [3.05, 3.63) is 65.2 Å². The minimum atomic E-state index is -0.0348. The predicted octanol–water partition coefficient (Wildman–Crippen LogP) is 4.98. The van der Waals surface area contributed by atoms with E-state index in [1.807, 2.05) is 61.5 Å². The van der Waals surface area contributed by atoms with Gasteiger partial charge < -0.3 is 9.88 Å². The van der Waals surface area contributed by atoms with Crippen LogP contribution in [0.15, 0.2) is 59.8 Å². The Balaban J connectivity index is 1.67. The van der Waals surface area contributed by atoms with Crippen LogP contribution in [0.25, 0.3) is 11.4 Å². The molecule has 0 saturated carbocycles. The smallest absolute Gasteiger partial charge is 0.230 e. The Kier molecular flexibility index (Phi) is 7.12.